The van der Waals surface area contributed by atoms with Gasteiger partial charge >= 0.3 is 7.12 Å². The van der Waals surface area contributed by atoms with E-state index >= 15 is 0 Å². The van der Waals surface area contributed by atoms with Gasteiger partial charge in [0.15, 0.2) is 0 Å². The van der Waals surface area contributed by atoms with E-state index in [0.717, 1.165) is 11.0 Å². The molecule has 0 saturated carbocycles. The predicted octanol–water partition coefficient (Wildman–Crippen LogP) is 2.16. The van der Waals surface area contributed by atoms with Gasteiger partial charge in [0.1, 0.15) is 0 Å². The number of aryl methyl sites for hydroxylation is 1. The molecule has 2 aliphatic rings. The Morgan fingerprint density at radius 3 is 2.40 bits per heavy atom. The third kappa shape index (κ3) is 3.61. The molecule has 3 rings (SSSR count). The Labute approximate surface area is 150 Å². The number of morpholine rings is 1. The van der Waals surface area contributed by atoms with Crippen LogP contribution in [-0.4, -0.2) is 54.9 Å². The second kappa shape index (κ2) is 6.42. The molecule has 0 radical (unpaired) electrons. The maximum absolute atomic E-state index is 12.9. The van der Waals surface area contributed by atoms with Crippen LogP contribution < -0.4 is 5.46 Å². The van der Waals surface area contributed by atoms with Crippen molar-refractivity contribution in [1.82, 2.24) is 4.90 Å². The van der Waals surface area contributed by atoms with Gasteiger partial charge in [-0.2, -0.15) is 0 Å². The van der Waals surface area contributed by atoms with Crippen molar-refractivity contribution in [2.24, 2.45) is 0 Å². The van der Waals surface area contributed by atoms with Crippen molar-refractivity contribution in [2.45, 2.75) is 58.8 Å². The minimum absolute atomic E-state index is 0.0385. The van der Waals surface area contributed by atoms with Gasteiger partial charge in [0.25, 0.3) is 5.91 Å². The summed E-state index contributed by atoms with van der Waals surface area (Å²) in [5.41, 5.74) is 1.80. The molecule has 1 atom stereocenters. The monoisotopic (exact) mass is 345 g/mol. The van der Waals surface area contributed by atoms with E-state index in [-0.39, 0.29) is 12.0 Å². The van der Waals surface area contributed by atoms with E-state index in [2.05, 4.69) is 0 Å². The zero-order chi connectivity index (χ0) is 18.4. The Hall–Kier alpha value is -1.37. The largest absolute Gasteiger partial charge is 0.494 e. The molecular weight excluding hydrogens is 317 g/mol. The molecule has 25 heavy (non-hydrogen) atoms. The van der Waals surface area contributed by atoms with Crippen molar-refractivity contribution in [1.29, 1.82) is 0 Å². The van der Waals surface area contributed by atoms with Gasteiger partial charge in [-0.05, 0) is 59.1 Å². The molecule has 1 aromatic carbocycles. The van der Waals surface area contributed by atoms with Crippen molar-refractivity contribution < 1.29 is 18.8 Å². The third-order valence-electron chi connectivity index (χ3n) is 5.40. The van der Waals surface area contributed by atoms with E-state index < -0.39 is 18.3 Å². The summed E-state index contributed by atoms with van der Waals surface area (Å²) in [7, 11) is -0.458. The molecule has 5 nitrogen and oxygen atoms in total. The molecule has 2 fully saturated rings. The van der Waals surface area contributed by atoms with Crippen LogP contribution in [0.3, 0.4) is 0 Å². The van der Waals surface area contributed by atoms with Crippen LogP contribution in [0.15, 0.2) is 18.2 Å². The van der Waals surface area contributed by atoms with Crippen LogP contribution in [0.4, 0.5) is 0 Å². The normalized spacial score (nSPS) is 25.3. The summed E-state index contributed by atoms with van der Waals surface area (Å²) < 4.78 is 17.8. The average Bonchev–Trinajstić information content (AvgIpc) is 2.74. The van der Waals surface area contributed by atoms with Gasteiger partial charge in [-0.15, -0.1) is 0 Å². The second-order valence-electron chi connectivity index (χ2n) is 8.15. The predicted molar refractivity (Wildman–Crippen MR) is 98.2 cm³/mol. The van der Waals surface area contributed by atoms with Gasteiger partial charge in [-0.3, -0.25) is 4.79 Å². The SMILES string of the molecule is Cc1cc(B2OC(C)(C)C(C)(C)O2)cc(C(=O)N2CCOC(C)C2)c1. The molecule has 1 amide bonds. The first-order chi connectivity index (χ1) is 11.6. The number of carbonyl (C=O) groups is 1. The van der Waals surface area contributed by atoms with Crippen LogP contribution in [0, 0.1) is 6.92 Å². The van der Waals surface area contributed by atoms with Gasteiger partial charge in [-0.1, -0.05) is 11.6 Å². The van der Waals surface area contributed by atoms with E-state index in [0.29, 0.717) is 25.3 Å². The lowest BCUT2D eigenvalue weighted by Gasteiger charge is -2.32. The van der Waals surface area contributed by atoms with Gasteiger partial charge in [0, 0.05) is 18.7 Å². The molecule has 136 valence electrons. The number of ether oxygens (including phenoxy) is 1. The highest BCUT2D eigenvalue weighted by molar-refractivity contribution is 6.62. The second-order valence-corrected chi connectivity index (χ2v) is 8.15. The highest BCUT2D eigenvalue weighted by Gasteiger charge is 2.51. The summed E-state index contributed by atoms with van der Waals surface area (Å²) in [5, 5.41) is 0. The van der Waals surface area contributed by atoms with Crippen LogP contribution in [0.1, 0.15) is 50.5 Å². The van der Waals surface area contributed by atoms with Crippen LogP contribution in [0.2, 0.25) is 0 Å². The molecular formula is C19H28BNO4. The fourth-order valence-corrected chi connectivity index (χ4v) is 3.24. The number of benzene rings is 1. The van der Waals surface area contributed by atoms with Gasteiger partial charge in [0.05, 0.1) is 23.9 Å². The highest BCUT2D eigenvalue weighted by atomic mass is 16.7. The number of nitrogens with zero attached hydrogens (tertiary/aromatic N) is 1. The Morgan fingerprint density at radius 1 is 1.16 bits per heavy atom. The molecule has 1 unspecified atom stereocenters. The van der Waals surface area contributed by atoms with E-state index in [1.807, 2.05) is 64.6 Å². The summed E-state index contributed by atoms with van der Waals surface area (Å²) >= 11 is 0. The first-order valence-electron chi connectivity index (χ1n) is 8.97. The molecule has 0 aliphatic carbocycles. The topological polar surface area (TPSA) is 48.0 Å². The van der Waals surface area contributed by atoms with Crippen molar-refractivity contribution in [3.8, 4) is 0 Å². The Kier molecular flexibility index (Phi) is 4.73. The van der Waals surface area contributed by atoms with E-state index in [4.69, 9.17) is 14.0 Å². The van der Waals surface area contributed by atoms with Crippen LogP contribution >= 0.6 is 0 Å². The lowest BCUT2D eigenvalue weighted by molar-refractivity contribution is -0.0124. The zero-order valence-corrected chi connectivity index (χ0v) is 16.1. The zero-order valence-electron chi connectivity index (χ0n) is 16.1. The maximum atomic E-state index is 12.9. The Bertz CT molecular complexity index is 657. The lowest BCUT2D eigenvalue weighted by atomic mass is 9.77. The highest BCUT2D eigenvalue weighted by Crippen LogP contribution is 2.36. The lowest BCUT2D eigenvalue weighted by Crippen LogP contribution is -2.45. The first kappa shape index (κ1) is 18.4. The van der Waals surface area contributed by atoms with Crippen LogP contribution in [0.5, 0.6) is 0 Å². The third-order valence-corrected chi connectivity index (χ3v) is 5.40. The van der Waals surface area contributed by atoms with Crippen molar-refractivity contribution in [2.75, 3.05) is 19.7 Å². The first-order valence-corrected chi connectivity index (χ1v) is 8.97. The van der Waals surface area contributed by atoms with Crippen molar-refractivity contribution in [3.05, 3.63) is 29.3 Å². The molecule has 2 saturated heterocycles. The molecule has 6 heteroatoms. The summed E-state index contributed by atoms with van der Waals surface area (Å²) in [4.78, 5) is 14.8. The molecule has 0 bridgehead atoms. The van der Waals surface area contributed by atoms with Crippen LogP contribution in [-0.2, 0) is 14.0 Å². The summed E-state index contributed by atoms with van der Waals surface area (Å²) in [6, 6.07) is 5.86. The maximum Gasteiger partial charge on any atom is 0.494 e. The molecule has 2 heterocycles. The Morgan fingerprint density at radius 2 is 1.80 bits per heavy atom. The number of hydrogen-bond donors (Lipinski definition) is 0. The number of rotatable bonds is 2. The molecule has 1 aromatic rings. The molecule has 0 N–H and O–H groups in total. The minimum Gasteiger partial charge on any atom is -0.399 e. The smallest absolute Gasteiger partial charge is 0.399 e. The molecule has 2 aliphatic heterocycles. The number of amides is 1. The van der Waals surface area contributed by atoms with E-state index in [1.54, 1.807) is 0 Å². The van der Waals surface area contributed by atoms with Gasteiger partial charge in [-0.25, -0.2) is 0 Å². The number of hydrogen-bond acceptors (Lipinski definition) is 4. The summed E-state index contributed by atoms with van der Waals surface area (Å²) in [6.45, 7) is 13.9. The van der Waals surface area contributed by atoms with Crippen molar-refractivity contribution in [3.63, 3.8) is 0 Å². The molecule has 0 aromatic heterocycles. The van der Waals surface area contributed by atoms with Gasteiger partial charge in [0.2, 0.25) is 0 Å². The Balaban J connectivity index is 1.85. The molecule has 0 spiro atoms. The van der Waals surface area contributed by atoms with E-state index in [1.165, 1.54) is 0 Å². The van der Waals surface area contributed by atoms with Crippen molar-refractivity contribution >= 4 is 18.5 Å². The van der Waals surface area contributed by atoms with Crippen LogP contribution in [0.25, 0.3) is 0 Å². The standard InChI is InChI=1S/C19H28BNO4/c1-13-9-15(17(22)21-7-8-23-14(2)12-21)11-16(10-13)20-24-18(3,4)19(5,6)25-20/h9-11,14H,7-8,12H2,1-6H3. The van der Waals surface area contributed by atoms with E-state index in [9.17, 15) is 4.79 Å². The fraction of sp³-hybridized carbons (Fsp3) is 0.632. The minimum atomic E-state index is -0.458. The average molecular weight is 345 g/mol. The number of carbonyl (C=O) groups excluding carboxylic acids is 1. The summed E-state index contributed by atoms with van der Waals surface area (Å²) in [5.74, 6) is 0.0385. The van der Waals surface area contributed by atoms with Gasteiger partial charge < -0.3 is 18.9 Å². The fourth-order valence-electron chi connectivity index (χ4n) is 3.24. The summed E-state index contributed by atoms with van der Waals surface area (Å²) in [6.07, 6.45) is 0.0741. The quantitative estimate of drug-likeness (QED) is 0.771.